The maximum Gasteiger partial charge on any atom is 0.323 e. The smallest absolute Gasteiger partial charge is 0.323 e. The van der Waals surface area contributed by atoms with E-state index in [1.165, 1.54) is 12.2 Å². The van der Waals surface area contributed by atoms with Gasteiger partial charge in [0.05, 0.1) is 6.61 Å². The summed E-state index contributed by atoms with van der Waals surface area (Å²) in [7, 11) is 2.32. The Balaban J connectivity index is 2.48. The SMILES string of the molecule is C=C/C(O)=C\C=C(/C)CC(NP)C(=O)OCCc1ccc(O)cc1. The van der Waals surface area contributed by atoms with Crippen LogP contribution in [0.4, 0.5) is 0 Å². The van der Waals surface area contributed by atoms with Crippen LogP contribution in [0.3, 0.4) is 0 Å². The molecular formula is C18H24NO4P. The van der Waals surface area contributed by atoms with Crippen molar-refractivity contribution in [1.29, 1.82) is 0 Å². The number of phenolic OH excluding ortho intramolecular Hbond substituents is 1. The number of nitrogens with one attached hydrogen (secondary N) is 1. The van der Waals surface area contributed by atoms with Crippen LogP contribution in [0, 0.1) is 0 Å². The van der Waals surface area contributed by atoms with Gasteiger partial charge in [-0.3, -0.25) is 9.88 Å². The predicted octanol–water partition coefficient (Wildman–Crippen LogP) is 3.19. The zero-order valence-electron chi connectivity index (χ0n) is 13.7. The molecule has 0 aliphatic rings. The summed E-state index contributed by atoms with van der Waals surface area (Å²) in [4.78, 5) is 12.1. The molecule has 0 aromatic heterocycles. The molecule has 0 amide bonds. The van der Waals surface area contributed by atoms with Gasteiger partial charge in [0.25, 0.3) is 0 Å². The molecule has 1 rings (SSSR count). The topological polar surface area (TPSA) is 78.8 Å². The number of carbonyl (C=O) groups excluding carboxylic acids is 1. The molecule has 6 heteroatoms. The number of aromatic hydroxyl groups is 1. The van der Waals surface area contributed by atoms with E-state index in [-0.39, 0.29) is 24.1 Å². The van der Waals surface area contributed by atoms with Gasteiger partial charge >= 0.3 is 5.97 Å². The summed E-state index contributed by atoms with van der Waals surface area (Å²) in [6.07, 6.45) is 5.64. The van der Waals surface area contributed by atoms with Crippen LogP contribution in [0.2, 0.25) is 0 Å². The van der Waals surface area contributed by atoms with Gasteiger partial charge < -0.3 is 14.9 Å². The van der Waals surface area contributed by atoms with Crippen molar-refractivity contribution in [2.24, 2.45) is 0 Å². The quantitative estimate of drug-likeness (QED) is 0.276. The third-order valence-electron chi connectivity index (χ3n) is 3.33. The van der Waals surface area contributed by atoms with Crippen LogP contribution >= 0.6 is 9.39 Å². The number of hydrogen-bond donors (Lipinski definition) is 3. The molecule has 0 bridgehead atoms. The van der Waals surface area contributed by atoms with Gasteiger partial charge in [-0.2, -0.15) is 0 Å². The first-order valence-electron chi connectivity index (χ1n) is 7.55. The van der Waals surface area contributed by atoms with E-state index in [4.69, 9.17) is 4.74 Å². The lowest BCUT2D eigenvalue weighted by atomic mass is 10.1. The summed E-state index contributed by atoms with van der Waals surface area (Å²) in [5.41, 5.74) is 1.90. The van der Waals surface area contributed by atoms with Gasteiger partial charge in [0, 0.05) is 6.42 Å². The van der Waals surface area contributed by atoms with E-state index >= 15 is 0 Å². The number of aliphatic hydroxyl groups excluding tert-OH is 1. The molecule has 24 heavy (non-hydrogen) atoms. The van der Waals surface area contributed by atoms with Crippen LogP contribution in [0.25, 0.3) is 0 Å². The molecule has 0 heterocycles. The first kappa shape index (κ1) is 19.9. The summed E-state index contributed by atoms with van der Waals surface area (Å²) in [5.74, 6) is -0.0588. The minimum absolute atomic E-state index is 0.0706. The van der Waals surface area contributed by atoms with E-state index in [0.29, 0.717) is 12.8 Å². The molecule has 0 aliphatic carbocycles. The maximum absolute atomic E-state index is 12.1. The Morgan fingerprint density at radius 1 is 1.38 bits per heavy atom. The second-order valence-corrected chi connectivity index (χ2v) is 5.65. The molecule has 130 valence electrons. The zero-order valence-corrected chi connectivity index (χ0v) is 14.9. The third kappa shape index (κ3) is 7.44. The van der Waals surface area contributed by atoms with Gasteiger partial charge in [0.2, 0.25) is 0 Å². The lowest BCUT2D eigenvalue weighted by molar-refractivity contribution is -0.145. The molecule has 0 radical (unpaired) electrons. The van der Waals surface area contributed by atoms with Crippen molar-refractivity contribution in [3.63, 3.8) is 0 Å². The average molecular weight is 349 g/mol. The standard InChI is InChI=1S/C18H24NO4P/c1-3-15(20)7-4-13(2)12-17(19-24)18(22)23-11-10-14-5-8-16(21)9-6-14/h3-9,17,19-21H,1,10-12,24H2,2H3/b13-4+,15-7+. The minimum Gasteiger partial charge on any atom is -0.508 e. The molecule has 0 saturated heterocycles. The number of allylic oxidation sites excluding steroid dienone is 3. The van der Waals surface area contributed by atoms with Crippen molar-refractivity contribution in [2.45, 2.75) is 25.8 Å². The molecule has 2 atom stereocenters. The number of aliphatic hydroxyl groups is 1. The number of esters is 1. The van der Waals surface area contributed by atoms with Gasteiger partial charge in [-0.05, 0) is 43.2 Å². The van der Waals surface area contributed by atoms with Crippen LogP contribution in [0.1, 0.15) is 18.9 Å². The molecule has 0 saturated carbocycles. The van der Waals surface area contributed by atoms with Crippen molar-refractivity contribution in [3.8, 4) is 5.75 Å². The highest BCUT2D eigenvalue weighted by molar-refractivity contribution is 7.13. The molecule has 0 fully saturated rings. The van der Waals surface area contributed by atoms with Crippen molar-refractivity contribution in [1.82, 2.24) is 5.09 Å². The van der Waals surface area contributed by atoms with Gasteiger partial charge in [-0.15, -0.1) is 0 Å². The molecule has 1 aromatic rings. The van der Waals surface area contributed by atoms with Crippen molar-refractivity contribution in [3.05, 3.63) is 66.0 Å². The lowest BCUT2D eigenvalue weighted by Gasteiger charge is -2.15. The van der Waals surface area contributed by atoms with Crippen molar-refractivity contribution < 1.29 is 19.7 Å². The number of benzene rings is 1. The monoisotopic (exact) mass is 349 g/mol. The summed E-state index contributed by atoms with van der Waals surface area (Å²) >= 11 is 0. The molecule has 0 spiro atoms. The first-order chi connectivity index (χ1) is 11.5. The number of hydrogen-bond acceptors (Lipinski definition) is 5. The molecule has 0 aliphatic heterocycles. The second-order valence-electron chi connectivity index (χ2n) is 5.32. The molecule has 1 aromatic carbocycles. The molecule has 5 nitrogen and oxygen atoms in total. The van der Waals surface area contributed by atoms with Crippen molar-refractivity contribution >= 4 is 15.4 Å². The summed E-state index contributed by atoms with van der Waals surface area (Å²) in [5, 5.41) is 21.4. The minimum atomic E-state index is -0.481. The van der Waals surface area contributed by atoms with Gasteiger partial charge in [-0.25, -0.2) is 0 Å². The van der Waals surface area contributed by atoms with E-state index in [0.717, 1.165) is 11.1 Å². The van der Waals surface area contributed by atoms with Crippen LogP contribution in [0.15, 0.2) is 60.4 Å². The Labute approximate surface area is 145 Å². The fourth-order valence-electron chi connectivity index (χ4n) is 1.93. The van der Waals surface area contributed by atoms with E-state index in [9.17, 15) is 15.0 Å². The zero-order chi connectivity index (χ0) is 17.9. The van der Waals surface area contributed by atoms with E-state index in [1.807, 2.05) is 6.92 Å². The summed E-state index contributed by atoms with van der Waals surface area (Å²) < 4.78 is 5.29. The number of carbonyl (C=O) groups is 1. The Kier molecular flexibility index (Phi) is 8.84. The highest BCUT2D eigenvalue weighted by Crippen LogP contribution is 2.11. The third-order valence-corrected chi connectivity index (χ3v) is 3.73. The van der Waals surface area contributed by atoms with Crippen LogP contribution in [-0.2, 0) is 16.0 Å². The average Bonchev–Trinajstić information content (AvgIpc) is 2.59. The Morgan fingerprint density at radius 3 is 2.62 bits per heavy atom. The van der Waals surface area contributed by atoms with Crippen molar-refractivity contribution in [2.75, 3.05) is 6.61 Å². The predicted molar refractivity (Wildman–Crippen MR) is 98.7 cm³/mol. The number of rotatable bonds is 9. The lowest BCUT2D eigenvalue weighted by Crippen LogP contribution is -2.33. The molecule has 3 N–H and O–H groups in total. The number of phenols is 1. The Bertz CT molecular complexity index is 608. The first-order valence-corrected chi connectivity index (χ1v) is 8.13. The highest BCUT2D eigenvalue weighted by Gasteiger charge is 2.18. The normalized spacial score (nSPS) is 13.4. The van der Waals surface area contributed by atoms with E-state index in [1.54, 1.807) is 30.3 Å². The van der Waals surface area contributed by atoms with Gasteiger partial charge in [-0.1, -0.05) is 39.8 Å². The largest absolute Gasteiger partial charge is 0.508 e. The fraction of sp³-hybridized carbons (Fsp3) is 0.278. The Hall–Kier alpha value is -2.10. The highest BCUT2D eigenvalue weighted by atomic mass is 31.0. The molecule has 2 unspecified atom stereocenters. The van der Waals surface area contributed by atoms with Gasteiger partial charge in [0.1, 0.15) is 17.6 Å². The van der Waals surface area contributed by atoms with Crippen LogP contribution in [-0.4, -0.2) is 28.8 Å². The summed E-state index contributed by atoms with van der Waals surface area (Å²) in [6, 6.07) is 6.31. The van der Waals surface area contributed by atoms with E-state index in [2.05, 4.69) is 21.1 Å². The maximum atomic E-state index is 12.1. The fourth-order valence-corrected chi connectivity index (χ4v) is 2.18. The second kappa shape index (κ2) is 10.6. The van der Waals surface area contributed by atoms with Gasteiger partial charge in [0.15, 0.2) is 0 Å². The summed E-state index contributed by atoms with van der Waals surface area (Å²) in [6.45, 7) is 5.59. The van der Waals surface area contributed by atoms with Crippen LogP contribution in [0.5, 0.6) is 5.75 Å². The van der Waals surface area contributed by atoms with Crippen LogP contribution < -0.4 is 5.09 Å². The Morgan fingerprint density at radius 2 is 2.04 bits per heavy atom. The van der Waals surface area contributed by atoms with E-state index < -0.39 is 6.04 Å². The number of ether oxygens (including phenoxy) is 1. The molecular weight excluding hydrogens is 325 g/mol.